The number of hydrogen-bond acceptors (Lipinski definition) is 2. The van der Waals surface area contributed by atoms with Crippen molar-refractivity contribution in [3.05, 3.63) is 65.7 Å². The molecule has 21 heavy (non-hydrogen) atoms. The minimum atomic E-state index is -0.476. The number of rotatable bonds is 5. The molecule has 0 heterocycles. The Morgan fingerprint density at radius 1 is 1.00 bits per heavy atom. The Morgan fingerprint density at radius 3 is 2.33 bits per heavy atom. The van der Waals surface area contributed by atoms with E-state index in [0.29, 0.717) is 0 Å². The highest BCUT2D eigenvalue weighted by molar-refractivity contribution is 5.39. The van der Waals surface area contributed by atoms with Gasteiger partial charge in [0.05, 0.1) is 12.2 Å². The molecule has 3 rings (SSSR count). The first-order chi connectivity index (χ1) is 10.1. The van der Waals surface area contributed by atoms with Crippen LogP contribution >= 0.6 is 0 Å². The van der Waals surface area contributed by atoms with Gasteiger partial charge in [0, 0.05) is 5.41 Å². The van der Waals surface area contributed by atoms with Gasteiger partial charge in [-0.25, -0.2) is 0 Å². The molecule has 0 amide bonds. The van der Waals surface area contributed by atoms with Gasteiger partial charge in [-0.1, -0.05) is 42.5 Å². The third-order valence-corrected chi connectivity index (χ3v) is 4.21. The molecule has 1 N–H and O–H groups in total. The molecule has 2 aromatic rings. The molecule has 2 aromatic carbocycles. The van der Waals surface area contributed by atoms with E-state index in [-0.39, 0.29) is 11.5 Å². The number of hydrogen-bond donors (Lipinski definition) is 1. The maximum absolute atomic E-state index is 10.9. The molecule has 1 unspecified atom stereocenters. The van der Waals surface area contributed by atoms with E-state index in [1.54, 1.807) is 0 Å². The Balaban J connectivity index is 1.87. The molecular weight excluding hydrogens is 260 g/mol. The predicted molar refractivity (Wildman–Crippen MR) is 84.5 cm³/mol. The first-order valence-corrected chi connectivity index (χ1v) is 7.62. The maximum atomic E-state index is 10.9. The van der Waals surface area contributed by atoms with Crippen LogP contribution in [0.3, 0.4) is 0 Å². The van der Waals surface area contributed by atoms with E-state index >= 15 is 0 Å². The van der Waals surface area contributed by atoms with E-state index in [2.05, 4.69) is 12.1 Å². The molecule has 1 atom stereocenters. The number of ether oxygens (including phenoxy) is 1. The van der Waals surface area contributed by atoms with Crippen LogP contribution in [-0.4, -0.2) is 11.2 Å². The SMILES string of the molecule is CC(C)Oc1cccc(C(O)C2(c3ccccc3)CC2)c1. The normalized spacial score (nSPS) is 17.5. The van der Waals surface area contributed by atoms with Crippen molar-refractivity contribution in [1.29, 1.82) is 0 Å². The van der Waals surface area contributed by atoms with Crippen LogP contribution in [0.2, 0.25) is 0 Å². The van der Waals surface area contributed by atoms with Crippen LogP contribution in [0.25, 0.3) is 0 Å². The molecule has 0 aromatic heterocycles. The average Bonchev–Trinajstić information content (AvgIpc) is 3.29. The highest BCUT2D eigenvalue weighted by atomic mass is 16.5. The largest absolute Gasteiger partial charge is 0.491 e. The van der Waals surface area contributed by atoms with Crippen molar-refractivity contribution < 1.29 is 9.84 Å². The Morgan fingerprint density at radius 2 is 1.71 bits per heavy atom. The quantitative estimate of drug-likeness (QED) is 0.889. The van der Waals surface area contributed by atoms with Crippen LogP contribution < -0.4 is 4.74 Å². The molecule has 2 heteroatoms. The summed E-state index contributed by atoms with van der Waals surface area (Å²) in [6.07, 6.45) is 1.73. The maximum Gasteiger partial charge on any atom is 0.120 e. The minimum Gasteiger partial charge on any atom is -0.491 e. The van der Waals surface area contributed by atoms with Gasteiger partial charge in [0.2, 0.25) is 0 Å². The van der Waals surface area contributed by atoms with Gasteiger partial charge in [-0.2, -0.15) is 0 Å². The highest BCUT2D eigenvalue weighted by Crippen LogP contribution is 2.56. The van der Waals surface area contributed by atoms with Crippen LogP contribution in [0.4, 0.5) is 0 Å². The summed E-state index contributed by atoms with van der Waals surface area (Å²) in [5.74, 6) is 0.824. The smallest absolute Gasteiger partial charge is 0.120 e. The lowest BCUT2D eigenvalue weighted by Gasteiger charge is -2.24. The first-order valence-electron chi connectivity index (χ1n) is 7.62. The summed E-state index contributed by atoms with van der Waals surface area (Å²) in [4.78, 5) is 0. The fourth-order valence-electron chi connectivity index (χ4n) is 2.97. The Bertz CT molecular complexity index is 600. The third kappa shape index (κ3) is 2.81. The lowest BCUT2D eigenvalue weighted by atomic mass is 9.86. The molecule has 1 fully saturated rings. The third-order valence-electron chi connectivity index (χ3n) is 4.21. The van der Waals surface area contributed by atoms with E-state index in [1.807, 2.05) is 56.3 Å². The molecule has 0 radical (unpaired) electrons. The lowest BCUT2D eigenvalue weighted by molar-refractivity contribution is 0.132. The molecule has 0 bridgehead atoms. The van der Waals surface area contributed by atoms with Gasteiger partial charge in [-0.05, 0) is 49.9 Å². The molecule has 2 nitrogen and oxygen atoms in total. The monoisotopic (exact) mass is 282 g/mol. The van der Waals surface area contributed by atoms with Crippen molar-refractivity contribution >= 4 is 0 Å². The summed E-state index contributed by atoms with van der Waals surface area (Å²) in [6, 6.07) is 18.2. The fourth-order valence-corrected chi connectivity index (χ4v) is 2.97. The van der Waals surface area contributed by atoms with E-state index < -0.39 is 6.10 Å². The molecule has 0 spiro atoms. The van der Waals surface area contributed by atoms with Crippen LogP contribution in [0.5, 0.6) is 5.75 Å². The van der Waals surface area contributed by atoms with Crippen molar-refractivity contribution in [3.63, 3.8) is 0 Å². The first kappa shape index (κ1) is 14.2. The summed E-state index contributed by atoms with van der Waals surface area (Å²) in [5, 5.41) is 10.9. The van der Waals surface area contributed by atoms with Gasteiger partial charge in [0.15, 0.2) is 0 Å². The highest BCUT2D eigenvalue weighted by Gasteiger charge is 2.50. The summed E-state index contributed by atoms with van der Waals surface area (Å²) >= 11 is 0. The van der Waals surface area contributed by atoms with Crippen molar-refractivity contribution in [2.24, 2.45) is 0 Å². The molecule has 1 saturated carbocycles. The number of benzene rings is 2. The molecule has 1 aliphatic rings. The molecular formula is C19H22O2. The zero-order valence-corrected chi connectivity index (χ0v) is 12.6. The summed E-state index contributed by atoms with van der Waals surface area (Å²) in [7, 11) is 0. The van der Waals surface area contributed by atoms with E-state index in [0.717, 1.165) is 24.2 Å². The van der Waals surface area contributed by atoms with Gasteiger partial charge in [0.1, 0.15) is 5.75 Å². The van der Waals surface area contributed by atoms with Crippen LogP contribution in [0.15, 0.2) is 54.6 Å². The zero-order valence-electron chi connectivity index (χ0n) is 12.6. The lowest BCUT2D eigenvalue weighted by Crippen LogP contribution is -2.18. The van der Waals surface area contributed by atoms with Crippen molar-refractivity contribution in [2.45, 2.75) is 44.3 Å². The van der Waals surface area contributed by atoms with Gasteiger partial charge < -0.3 is 9.84 Å². The summed E-state index contributed by atoms with van der Waals surface area (Å²) in [6.45, 7) is 4.02. The minimum absolute atomic E-state index is 0.113. The van der Waals surface area contributed by atoms with Gasteiger partial charge >= 0.3 is 0 Å². The van der Waals surface area contributed by atoms with Crippen molar-refractivity contribution in [2.75, 3.05) is 0 Å². The zero-order chi connectivity index (χ0) is 14.9. The molecule has 110 valence electrons. The standard InChI is InChI=1S/C19H22O2/c1-14(2)21-17-10-6-7-15(13-17)18(20)19(11-12-19)16-8-4-3-5-9-16/h3-10,13-14,18,20H,11-12H2,1-2H3. The Kier molecular flexibility index (Phi) is 3.73. The van der Waals surface area contributed by atoms with Crippen LogP contribution in [0.1, 0.15) is 43.9 Å². The number of aliphatic hydroxyl groups is 1. The Labute approximate surface area is 126 Å². The summed E-state index contributed by atoms with van der Waals surface area (Å²) in [5.41, 5.74) is 2.06. The summed E-state index contributed by atoms with van der Waals surface area (Å²) < 4.78 is 5.73. The topological polar surface area (TPSA) is 29.5 Å². The Hall–Kier alpha value is -1.80. The van der Waals surface area contributed by atoms with Gasteiger partial charge in [-0.3, -0.25) is 0 Å². The second kappa shape index (κ2) is 5.53. The van der Waals surface area contributed by atoms with Crippen molar-refractivity contribution in [3.8, 4) is 5.75 Å². The predicted octanol–water partition coefficient (Wildman–Crippen LogP) is 4.24. The van der Waals surface area contributed by atoms with Gasteiger partial charge in [-0.15, -0.1) is 0 Å². The second-order valence-electron chi connectivity index (χ2n) is 6.16. The van der Waals surface area contributed by atoms with Crippen molar-refractivity contribution in [1.82, 2.24) is 0 Å². The van der Waals surface area contributed by atoms with Gasteiger partial charge in [0.25, 0.3) is 0 Å². The molecule has 0 saturated heterocycles. The van der Waals surface area contributed by atoms with Crippen LogP contribution in [-0.2, 0) is 5.41 Å². The second-order valence-corrected chi connectivity index (χ2v) is 6.16. The van der Waals surface area contributed by atoms with E-state index in [9.17, 15) is 5.11 Å². The average molecular weight is 282 g/mol. The van der Waals surface area contributed by atoms with Crippen LogP contribution in [0, 0.1) is 0 Å². The molecule has 1 aliphatic carbocycles. The van der Waals surface area contributed by atoms with E-state index in [4.69, 9.17) is 4.74 Å². The fraction of sp³-hybridized carbons (Fsp3) is 0.368. The molecule has 0 aliphatic heterocycles. The van der Waals surface area contributed by atoms with E-state index in [1.165, 1.54) is 5.56 Å². The number of aliphatic hydroxyl groups excluding tert-OH is 1.